The van der Waals surface area contributed by atoms with Gasteiger partial charge in [-0.25, -0.2) is 0 Å². The van der Waals surface area contributed by atoms with Crippen LogP contribution >= 0.6 is 11.6 Å². The number of hydrogen-bond acceptors (Lipinski definition) is 8. The predicted octanol–water partition coefficient (Wildman–Crippen LogP) is 3.87. The molecule has 0 fully saturated rings. The Morgan fingerprint density at radius 2 is 1.50 bits per heavy atom. The van der Waals surface area contributed by atoms with Gasteiger partial charge < -0.3 is 29.9 Å². The lowest BCUT2D eigenvalue weighted by molar-refractivity contribution is 0.0817. The molecule has 2 aliphatic heterocycles. The zero-order valence-corrected chi connectivity index (χ0v) is 18.5. The predicted molar refractivity (Wildman–Crippen MR) is 115 cm³/mol. The van der Waals surface area contributed by atoms with Crippen molar-refractivity contribution >= 4 is 23.2 Å². The van der Waals surface area contributed by atoms with Crippen LogP contribution in [0.15, 0.2) is 0 Å². The maximum Gasteiger partial charge on any atom is 0.176 e. The van der Waals surface area contributed by atoms with Gasteiger partial charge in [-0.2, -0.15) is 0 Å². The molecule has 4 rings (SSSR count). The van der Waals surface area contributed by atoms with E-state index in [4.69, 9.17) is 21.1 Å². The summed E-state index contributed by atoms with van der Waals surface area (Å²) in [6.07, 6.45) is 0.203. The number of ether oxygens (including phenoxy) is 2. The van der Waals surface area contributed by atoms with Gasteiger partial charge in [-0.3, -0.25) is 9.59 Å². The molecule has 0 amide bonds. The number of phenolic OH excluding ortho intramolecular Hbond substituents is 4. The van der Waals surface area contributed by atoms with Crippen LogP contribution in [-0.2, 0) is 6.42 Å². The zero-order valence-electron chi connectivity index (χ0n) is 17.8. The molecule has 2 aromatic rings. The molecule has 0 aliphatic carbocycles. The minimum atomic E-state index is -0.594. The summed E-state index contributed by atoms with van der Waals surface area (Å²) < 4.78 is 11.3. The molecule has 2 unspecified atom stereocenters. The highest BCUT2D eigenvalue weighted by atomic mass is 35.5. The zero-order chi connectivity index (χ0) is 23.5. The molecular weight excluding hydrogens is 440 g/mol. The maximum absolute atomic E-state index is 12.9. The minimum Gasteiger partial charge on any atom is -0.507 e. The summed E-state index contributed by atoms with van der Waals surface area (Å²) in [6.45, 7) is 5.19. The number of aromatic hydroxyl groups is 4. The summed E-state index contributed by atoms with van der Waals surface area (Å²) in [5.41, 5.74) is 0.0190. The van der Waals surface area contributed by atoms with Gasteiger partial charge in [-0.15, -0.1) is 0 Å². The Labute approximate surface area is 189 Å². The lowest BCUT2D eigenvalue weighted by Gasteiger charge is -2.28. The molecule has 2 aliphatic rings. The van der Waals surface area contributed by atoms with Gasteiger partial charge in [0.1, 0.15) is 44.9 Å². The number of carbonyl (C=O) groups excluding carboxylic acids is 2. The molecule has 32 heavy (non-hydrogen) atoms. The summed E-state index contributed by atoms with van der Waals surface area (Å²) in [6, 6.07) is 0. The molecule has 0 bridgehead atoms. The highest BCUT2D eigenvalue weighted by Gasteiger charge is 2.38. The van der Waals surface area contributed by atoms with Crippen molar-refractivity contribution in [1.29, 1.82) is 0 Å². The molecule has 9 heteroatoms. The highest BCUT2D eigenvalue weighted by molar-refractivity contribution is 6.34. The van der Waals surface area contributed by atoms with E-state index in [2.05, 4.69) is 0 Å². The number of Topliss-reactive ketones (excluding diaryl/α,β-unsaturated/α-hetero) is 2. The van der Waals surface area contributed by atoms with Gasteiger partial charge in [0.15, 0.2) is 17.3 Å². The van der Waals surface area contributed by atoms with Crippen LogP contribution in [0.3, 0.4) is 0 Å². The lowest BCUT2D eigenvalue weighted by Crippen LogP contribution is -2.28. The third-order valence-corrected chi connectivity index (χ3v) is 6.59. The van der Waals surface area contributed by atoms with E-state index in [1.54, 1.807) is 13.8 Å². The van der Waals surface area contributed by atoms with Gasteiger partial charge in [-0.05, 0) is 13.3 Å². The van der Waals surface area contributed by atoms with Crippen LogP contribution in [0.25, 0.3) is 0 Å². The molecular formula is C23H23ClO8. The van der Waals surface area contributed by atoms with Crippen molar-refractivity contribution < 1.29 is 39.5 Å². The van der Waals surface area contributed by atoms with Crippen molar-refractivity contribution in [2.75, 3.05) is 13.2 Å². The van der Waals surface area contributed by atoms with E-state index in [-0.39, 0.29) is 70.5 Å². The topological polar surface area (TPSA) is 134 Å². The first-order chi connectivity index (χ1) is 15.1. The Kier molecular flexibility index (Phi) is 5.36. The normalized spacial score (nSPS) is 19.8. The standard InChI is InChI=1S/C23H23ClO8/c1-4-10-7-32-22-9(3)17(26)11(19(28)14(22)18(10)27)5-12-20(29)15(24)21(30)13-16(25)8(2)6-31-23(12)13/h8,10,26,28-30H,4-7H2,1-3H3. The van der Waals surface area contributed by atoms with Gasteiger partial charge in [-0.1, -0.05) is 25.4 Å². The smallest absolute Gasteiger partial charge is 0.176 e. The van der Waals surface area contributed by atoms with Gasteiger partial charge in [0, 0.05) is 23.1 Å². The number of benzene rings is 2. The molecule has 4 N–H and O–H groups in total. The van der Waals surface area contributed by atoms with Crippen molar-refractivity contribution in [1.82, 2.24) is 0 Å². The van der Waals surface area contributed by atoms with Crippen LogP contribution in [-0.4, -0.2) is 45.2 Å². The third-order valence-electron chi connectivity index (χ3n) is 6.24. The van der Waals surface area contributed by atoms with Crippen LogP contribution in [0, 0.1) is 18.8 Å². The molecule has 0 saturated carbocycles. The molecule has 8 nitrogen and oxygen atoms in total. The molecule has 2 heterocycles. The largest absolute Gasteiger partial charge is 0.507 e. The fourth-order valence-electron chi connectivity index (χ4n) is 4.21. The van der Waals surface area contributed by atoms with E-state index < -0.39 is 39.9 Å². The average Bonchev–Trinajstić information content (AvgIpc) is 2.77. The minimum absolute atomic E-state index is 0.00391. The first-order valence-corrected chi connectivity index (χ1v) is 10.6. The summed E-state index contributed by atoms with van der Waals surface area (Å²) in [7, 11) is 0. The number of hydrogen-bond donors (Lipinski definition) is 4. The van der Waals surface area contributed by atoms with Gasteiger partial charge >= 0.3 is 0 Å². The first kappa shape index (κ1) is 22.1. The molecule has 0 spiro atoms. The van der Waals surface area contributed by atoms with E-state index in [1.165, 1.54) is 0 Å². The van der Waals surface area contributed by atoms with E-state index in [0.717, 1.165) is 0 Å². The molecule has 0 aromatic heterocycles. The second kappa shape index (κ2) is 7.78. The Balaban J connectivity index is 1.93. The van der Waals surface area contributed by atoms with Crippen molar-refractivity contribution in [2.45, 2.75) is 33.6 Å². The molecule has 0 radical (unpaired) electrons. The summed E-state index contributed by atoms with van der Waals surface area (Å²) in [5, 5.41) is 42.3. The SMILES string of the molecule is CCC1COc2c(C)c(O)c(Cc3c(O)c(Cl)c(O)c4c3OCC(C)C4=O)c(O)c2C1=O. The molecule has 2 atom stereocenters. The van der Waals surface area contributed by atoms with Crippen LogP contribution < -0.4 is 9.47 Å². The first-order valence-electron chi connectivity index (χ1n) is 10.3. The van der Waals surface area contributed by atoms with Crippen LogP contribution in [0.2, 0.25) is 5.02 Å². The summed E-state index contributed by atoms with van der Waals surface area (Å²) >= 11 is 6.08. The fraction of sp³-hybridized carbons (Fsp3) is 0.391. The average molecular weight is 463 g/mol. The van der Waals surface area contributed by atoms with Crippen molar-refractivity contribution in [2.24, 2.45) is 11.8 Å². The Morgan fingerprint density at radius 1 is 0.875 bits per heavy atom. The molecule has 0 saturated heterocycles. The van der Waals surface area contributed by atoms with Crippen LogP contribution in [0.5, 0.6) is 34.5 Å². The second-order valence-electron chi connectivity index (χ2n) is 8.23. The highest BCUT2D eigenvalue weighted by Crippen LogP contribution is 2.52. The van der Waals surface area contributed by atoms with Crippen molar-refractivity contribution in [3.8, 4) is 34.5 Å². The quantitative estimate of drug-likeness (QED) is 0.540. The van der Waals surface area contributed by atoms with Crippen molar-refractivity contribution in [3.63, 3.8) is 0 Å². The van der Waals surface area contributed by atoms with E-state index >= 15 is 0 Å². The summed E-state index contributed by atoms with van der Waals surface area (Å²) in [4.78, 5) is 25.6. The van der Waals surface area contributed by atoms with Gasteiger partial charge in [0.25, 0.3) is 0 Å². The van der Waals surface area contributed by atoms with Crippen molar-refractivity contribution in [3.05, 3.63) is 32.8 Å². The second-order valence-corrected chi connectivity index (χ2v) is 8.61. The van der Waals surface area contributed by atoms with E-state index in [1.807, 2.05) is 6.92 Å². The maximum atomic E-state index is 12.9. The number of phenols is 4. The van der Waals surface area contributed by atoms with Gasteiger partial charge in [0.05, 0.1) is 25.0 Å². The Hall–Kier alpha value is -3.13. The third kappa shape index (κ3) is 3.04. The number of rotatable bonds is 3. The monoisotopic (exact) mass is 462 g/mol. The fourth-order valence-corrected chi connectivity index (χ4v) is 4.42. The Bertz CT molecular complexity index is 1170. The molecule has 170 valence electrons. The number of ketones is 2. The number of carbonyl (C=O) groups is 2. The van der Waals surface area contributed by atoms with E-state index in [0.29, 0.717) is 6.42 Å². The number of fused-ring (bicyclic) bond motifs is 2. The van der Waals surface area contributed by atoms with Gasteiger partial charge in [0.2, 0.25) is 0 Å². The lowest BCUT2D eigenvalue weighted by atomic mass is 9.86. The Morgan fingerprint density at radius 3 is 2.16 bits per heavy atom. The van der Waals surface area contributed by atoms with Crippen LogP contribution in [0.1, 0.15) is 57.7 Å². The van der Waals surface area contributed by atoms with Crippen LogP contribution in [0.4, 0.5) is 0 Å². The molecule has 2 aromatic carbocycles. The van der Waals surface area contributed by atoms with E-state index in [9.17, 15) is 30.0 Å². The number of halogens is 1. The summed E-state index contributed by atoms with van der Waals surface area (Å²) in [5.74, 6) is -3.56.